The van der Waals surface area contributed by atoms with Crippen LogP contribution in [-0.4, -0.2) is 18.0 Å². The van der Waals surface area contributed by atoms with E-state index < -0.39 is 5.92 Å². The molecule has 25 heavy (non-hydrogen) atoms. The maximum Gasteiger partial charge on any atom is 0.237 e. The number of H-pyrrole nitrogens is 1. The lowest BCUT2D eigenvalue weighted by Crippen LogP contribution is -2.30. The minimum absolute atomic E-state index is 0.261. The van der Waals surface area contributed by atoms with Crippen LogP contribution in [0.5, 0.6) is 5.75 Å². The molecule has 0 aliphatic rings. The van der Waals surface area contributed by atoms with E-state index in [0.29, 0.717) is 13.0 Å². The molecular formula is C20H19N3O2. The number of ether oxygens (including phenoxy) is 1. The predicted octanol–water partition coefficient (Wildman–Crippen LogP) is 3.18. The molecule has 0 radical (unpaired) electrons. The molecule has 3 aromatic rings. The quantitative estimate of drug-likeness (QED) is 0.727. The molecule has 1 aromatic heterocycles. The molecule has 5 heteroatoms. The van der Waals surface area contributed by atoms with Crippen LogP contribution in [0.1, 0.15) is 11.1 Å². The molecule has 126 valence electrons. The van der Waals surface area contributed by atoms with Crippen LogP contribution in [0, 0.1) is 17.2 Å². The number of hydrogen-bond acceptors (Lipinski definition) is 3. The smallest absolute Gasteiger partial charge is 0.237 e. The number of methoxy groups -OCH3 is 1. The standard InChI is InChI=1S/C20H19N3O2/c1-25-17-7-8-19-18(10-17)16(13-22-19)9-15(11-21)20(24)23-12-14-5-3-2-4-6-14/h2-8,10,13,15,22H,9,12H2,1H3,(H,23,24)/t15-/m1/s1. The molecule has 2 N–H and O–H groups in total. The van der Waals surface area contributed by atoms with Crippen molar-refractivity contribution in [3.63, 3.8) is 0 Å². The summed E-state index contributed by atoms with van der Waals surface area (Å²) in [5.41, 5.74) is 2.89. The van der Waals surface area contributed by atoms with E-state index in [0.717, 1.165) is 27.8 Å². The number of amides is 1. The second-order valence-electron chi connectivity index (χ2n) is 5.81. The van der Waals surface area contributed by atoms with Crippen LogP contribution < -0.4 is 10.1 Å². The van der Waals surface area contributed by atoms with Crippen LogP contribution in [0.3, 0.4) is 0 Å². The number of rotatable bonds is 6. The number of aromatic amines is 1. The van der Waals surface area contributed by atoms with Crippen molar-refractivity contribution in [2.75, 3.05) is 7.11 Å². The Morgan fingerprint density at radius 3 is 2.80 bits per heavy atom. The third-order valence-electron chi connectivity index (χ3n) is 4.18. The lowest BCUT2D eigenvalue weighted by Gasteiger charge is -2.10. The van der Waals surface area contributed by atoms with Gasteiger partial charge in [-0.05, 0) is 35.7 Å². The SMILES string of the molecule is COc1ccc2[nH]cc(C[C@H](C#N)C(=O)NCc3ccccc3)c2c1. The highest BCUT2D eigenvalue weighted by atomic mass is 16.5. The third-order valence-corrected chi connectivity index (χ3v) is 4.18. The predicted molar refractivity (Wildman–Crippen MR) is 95.9 cm³/mol. The summed E-state index contributed by atoms with van der Waals surface area (Å²) in [5, 5.41) is 13.2. The summed E-state index contributed by atoms with van der Waals surface area (Å²) >= 11 is 0. The van der Waals surface area contributed by atoms with Crippen LogP contribution in [0.4, 0.5) is 0 Å². The van der Waals surface area contributed by atoms with Crippen molar-refractivity contribution < 1.29 is 9.53 Å². The summed E-state index contributed by atoms with van der Waals surface area (Å²) in [6.45, 7) is 0.416. The fourth-order valence-electron chi connectivity index (χ4n) is 2.78. The molecule has 1 atom stereocenters. The molecular weight excluding hydrogens is 314 g/mol. The van der Waals surface area contributed by atoms with E-state index >= 15 is 0 Å². The maximum atomic E-state index is 12.4. The zero-order valence-corrected chi connectivity index (χ0v) is 14.0. The Hall–Kier alpha value is -3.26. The van der Waals surface area contributed by atoms with Gasteiger partial charge in [-0.2, -0.15) is 5.26 Å². The number of carbonyl (C=O) groups is 1. The van der Waals surface area contributed by atoms with Crippen LogP contribution >= 0.6 is 0 Å². The molecule has 0 bridgehead atoms. The van der Waals surface area contributed by atoms with Gasteiger partial charge in [0.25, 0.3) is 0 Å². The number of fused-ring (bicyclic) bond motifs is 1. The number of aromatic nitrogens is 1. The zero-order chi connectivity index (χ0) is 17.6. The third kappa shape index (κ3) is 3.81. The fraction of sp³-hybridized carbons (Fsp3) is 0.200. The number of nitrogens with zero attached hydrogens (tertiary/aromatic N) is 1. The minimum atomic E-state index is -0.742. The summed E-state index contributed by atoms with van der Waals surface area (Å²) in [5.74, 6) is -0.257. The van der Waals surface area contributed by atoms with Crippen LogP contribution in [0.15, 0.2) is 54.7 Å². The number of benzene rings is 2. The van der Waals surface area contributed by atoms with Crippen molar-refractivity contribution in [1.82, 2.24) is 10.3 Å². The van der Waals surface area contributed by atoms with Crippen molar-refractivity contribution in [2.45, 2.75) is 13.0 Å². The summed E-state index contributed by atoms with van der Waals surface area (Å²) in [6.07, 6.45) is 2.20. The van der Waals surface area contributed by atoms with Gasteiger partial charge >= 0.3 is 0 Å². The summed E-state index contributed by atoms with van der Waals surface area (Å²) in [6, 6.07) is 17.5. The Morgan fingerprint density at radius 1 is 1.28 bits per heavy atom. The molecule has 0 unspecified atom stereocenters. The first-order valence-electron chi connectivity index (χ1n) is 8.06. The van der Waals surface area contributed by atoms with Crippen molar-refractivity contribution in [3.05, 3.63) is 65.9 Å². The Morgan fingerprint density at radius 2 is 2.08 bits per heavy atom. The van der Waals surface area contributed by atoms with Gasteiger partial charge < -0.3 is 15.0 Å². The Kier molecular flexibility index (Phi) is 5.00. The van der Waals surface area contributed by atoms with Gasteiger partial charge in [-0.25, -0.2) is 0 Å². The maximum absolute atomic E-state index is 12.4. The van der Waals surface area contributed by atoms with E-state index in [1.165, 1.54) is 0 Å². The first-order chi connectivity index (χ1) is 12.2. The normalized spacial score (nSPS) is 11.7. The molecule has 1 amide bonds. The van der Waals surface area contributed by atoms with Gasteiger partial charge in [-0.3, -0.25) is 4.79 Å². The van der Waals surface area contributed by atoms with E-state index in [1.54, 1.807) is 7.11 Å². The van der Waals surface area contributed by atoms with E-state index in [1.807, 2.05) is 54.7 Å². The minimum Gasteiger partial charge on any atom is -0.497 e. The van der Waals surface area contributed by atoms with Crippen molar-refractivity contribution in [3.8, 4) is 11.8 Å². The van der Waals surface area contributed by atoms with Crippen LogP contribution in [-0.2, 0) is 17.8 Å². The first kappa shape index (κ1) is 16.6. The van der Waals surface area contributed by atoms with Crippen LogP contribution in [0.25, 0.3) is 10.9 Å². The monoisotopic (exact) mass is 333 g/mol. The van der Waals surface area contributed by atoms with E-state index in [-0.39, 0.29) is 5.91 Å². The first-order valence-corrected chi connectivity index (χ1v) is 8.06. The molecule has 0 aliphatic carbocycles. The van der Waals surface area contributed by atoms with Crippen molar-refractivity contribution >= 4 is 16.8 Å². The van der Waals surface area contributed by atoms with Crippen molar-refractivity contribution in [2.24, 2.45) is 5.92 Å². The molecule has 1 heterocycles. The van der Waals surface area contributed by atoms with E-state index in [4.69, 9.17) is 4.74 Å². The van der Waals surface area contributed by atoms with Gasteiger partial charge in [0.05, 0.1) is 13.2 Å². The Labute approximate surface area is 146 Å². The van der Waals surface area contributed by atoms with Gasteiger partial charge in [0.1, 0.15) is 11.7 Å². The summed E-state index contributed by atoms with van der Waals surface area (Å²) in [7, 11) is 1.61. The number of nitriles is 1. The highest BCUT2D eigenvalue weighted by Crippen LogP contribution is 2.25. The Balaban J connectivity index is 1.71. The summed E-state index contributed by atoms with van der Waals surface area (Å²) in [4.78, 5) is 15.5. The zero-order valence-electron chi connectivity index (χ0n) is 14.0. The topological polar surface area (TPSA) is 77.9 Å². The molecule has 0 aliphatic heterocycles. The number of nitrogens with one attached hydrogen (secondary N) is 2. The number of carbonyl (C=O) groups excluding carboxylic acids is 1. The van der Waals surface area contributed by atoms with Crippen molar-refractivity contribution in [1.29, 1.82) is 5.26 Å². The highest BCUT2D eigenvalue weighted by molar-refractivity contribution is 5.86. The molecule has 5 nitrogen and oxygen atoms in total. The molecule has 3 rings (SSSR count). The largest absolute Gasteiger partial charge is 0.497 e. The van der Waals surface area contributed by atoms with Gasteiger partial charge in [-0.1, -0.05) is 30.3 Å². The summed E-state index contributed by atoms with van der Waals surface area (Å²) < 4.78 is 5.25. The van der Waals surface area contributed by atoms with Gasteiger partial charge in [-0.15, -0.1) is 0 Å². The molecule has 0 fully saturated rings. The average Bonchev–Trinajstić information content (AvgIpc) is 3.06. The van der Waals surface area contributed by atoms with E-state index in [2.05, 4.69) is 16.4 Å². The fourth-order valence-corrected chi connectivity index (χ4v) is 2.78. The lowest BCUT2D eigenvalue weighted by atomic mass is 9.99. The van der Waals surface area contributed by atoms with E-state index in [9.17, 15) is 10.1 Å². The molecule has 0 spiro atoms. The van der Waals surface area contributed by atoms with Gasteiger partial charge in [0.15, 0.2) is 0 Å². The average molecular weight is 333 g/mol. The molecule has 0 saturated heterocycles. The number of hydrogen-bond donors (Lipinski definition) is 2. The van der Waals surface area contributed by atoms with Gasteiger partial charge in [0, 0.05) is 23.6 Å². The second kappa shape index (κ2) is 7.54. The van der Waals surface area contributed by atoms with Gasteiger partial charge in [0.2, 0.25) is 5.91 Å². The van der Waals surface area contributed by atoms with Crippen LogP contribution in [0.2, 0.25) is 0 Å². The molecule has 0 saturated carbocycles. The Bertz CT molecular complexity index is 910. The highest BCUT2D eigenvalue weighted by Gasteiger charge is 2.20. The lowest BCUT2D eigenvalue weighted by molar-refractivity contribution is -0.123. The molecule has 2 aromatic carbocycles. The second-order valence-corrected chi connectivity index (χ2v) is 5.81.